The molecule has 1 aliphatic heterocycles. The van der Waals surface area contributed by atoms with Gasteiger partial charge >= 0.3 is 5.97 Å². The van der Waals surface area contributed by atoms with Crippen molar-refractivity contribution in [3.05, 3.63) is 105 Å². The predicted molar refractivity (Wildman–Crippen MR) is 163 cm³/mol. The molecule has 6 atom stereocenters. The molecular weight excluding hydrogens is 618 g/mol. The average Bonchev–Trinajstić information content (AvgIpc) is 2.96. The van der Waals surface area contributed by atoms with Crippen molar-refractivity contribution in [2.75, 3.05) is 6.54 Å². The molecule has 8 nitrogen and oxygen atoms in total. The van der Waals surface area contributed by atoms with Gasteiger partial charge in [-0.25, -0.2) is 8.60 Å². The summed E-state index contributed by atoms with van der Waals surface area (Å²) >= 11 is 10.1. The first-order valence-electron chi connectivity index (χ1n) is 13.8. The number of rotatable bonds is 12. The summed E-state index contributed by atoms with van der Waals surface area (Å²) in [5, 5.41) is 10.6. The van der Waals surface area contributed by atoms with E-state index in [1.165, 1.54) is 10.4 Å². The zero-order chi connectivity index (χ0) is 31.3. The molecule has 4 rings (SSSR count). The number of carboxylic acids is 1. The molecule has 3 aromatic carbocycles. The van der Waals surface area contributed by atoms with Gasteiger partial charge in [0.2, 0.25) is 11.3 Å². The minimum atomic E-state index is -2.46. The summed E-state index contributed by atoms with van der Waals surface area (Å²) in [5.41, 5.74) is 1.69. The molecule has 0 saturated carbocycles. The summed E-state index contributed by atoms with van der Waals surface area (Å²) in [6, 6.07) is 18.1. The second-order valence-electron chi connectivity index (χ2n) is 10.5. The van der Waals surface area contributed by atoms with Gasteiger partial charge in [0.15, 0.2) is 0 Å². The van der Waals surface area contributed by atoms with E-state index in [9.17, 15) is 27.8 Å². The fraction of sp³-hybridized carbons (Fsp3) is 0.355. The molecule has 1 heterocycles. The Morgan fingerprint density at radius 1 is 1.07 bits per heavy atom. The molecule has 3 aromatic rings. The number of hydrogen-bond donors (Lipinski definition) is 2. The highest BCUT2D eigenvalue weighted by Gasteiger charge is 2.47. The second-order valence-corrected chi connectivity index (χ2v) is 12.3. The van der Waals surface area contributed by atoms with Crippen LogP contribution in [0.1, 0.15) is 55.5 Å². The van der Waals surface area contributed by atoms with Crippen LogP contribution in [0.2, 0.25) is 10.0 Å². The Bertz CT molecular complexity index is 1460. The Labute approximate surface area is 262 Å². The van der Waals surface area contributed by atoms with Gasteiger partial charge in [0.25, 0.3) is 5.91 Å². The number of carboxylic acid groups (broad SMARTS) is 1. The van der Waals surface area contributed by atoms with E-state index >= 15 is 0 Å². The monoisotopic (exact) mass is 650 g/mol. The summed E-state index contributed by atoms with van der Waals surface area (Å²) < 4.78 is 45.0. The molecule has 2 unspecified atom stereocenters. The summed E-state index contributed by atoms with van der Waals surface area (Å²) in [6.07, 6.45) is -2.20. The highest BCUT2D eigenvalue weighted by atomic mass is 35.5. The lowest BCUT2D eigenvalue weighted by molar-refractivity contribution is -0.184. The molecule has 230 valence electrons. The topological polar surface area (TPSA) is 107 Å². The number of halogens is 3. The molecule has 1 fully saturated rings. The zero-order valence-electron chi connectivity index (χ0n) is 23.6. The van der Waals surface area contributed by atoms with E-state index in [1.54, 1.807) is 78.6 Å². The van der Waals surface area contributed by atoms with Crippen molar-refractivity contribution in [3.8, 4) is 0 Å². The number of morpholine rings is 1. The van der Waals surface area contributed by atoms with Crippen molar-refractivity contribution >= 4 is 46.3 Å². The molecule has 0 spiro atoms. The predicted octanol–water partition coefficient (Wildman–Crippen LogP) is 6.47. The summed E-state index contributed by atoms with van der Waals surface area (Å²) in [5.74, 6) is -2.19. The van der Waals surface area contributed by atoms with E-state index in [0.29, 0.717) is 33.2 Å². The molecule has 0 aromatic heterocycles. The SMILES string of the molecule is CC[C@@H](CN(C(C)Cc1ccccc1F)S(=O)O)N1C(=O)[C@@H](CC(=O)O)O[C@H](c2cccc(Cl)c2)[C@H]1c1ccc(Cl)cc1. The van der Waals surface area contributed by atoms with Gasteiger partial charge in [0.05, 0.1) is 12.5 Å². The first kappa shape index (κ1) is 33.0. The fourth-order valence-electron chi connectivity index (χ4n) is 5.50. The van der Waals surface area contributed by atoms with Gasteiger partial charge in [-0.1, -0.05) is 72.6 Å². The summed E-state index contributed by atoms with van der Waals surface area (Å²) in [7, 11) is 0. The van der Waals surface area contributed by atoms with E-state index in [1.807, 2.05) is 6.92 Å². The lowest BCUT2D eigenvalue weighted by atomic mass is 9.89. The highest BCUT2D eigenvalue weighted by molar-refractivity contribution is 7.76. The average molecular weight is 652 g/mol. The van der Waals surface area contributed by atoms with Crippen LogP contribution in [0.4, 0.5) is 4.39 Å². The Morgan fingerprint density at radius 2 is 1.77 bits per heavy atom. The molecule has 1 saturated heterocycles. The van der Waals surface area contributed by atoms with Crippen LogP contribution in [0.15, 0.2) is 72.8 Å². The number of ether oxygens (including phenoxy) is 1. The van der Waals surface area contributed by atoms with Gasteiger partial charge in [-0.05, 0) is 66.8 Å². The number of amides is 1. The van der Waals surface area contributed by atoms with Crippen LogP contribution >= 0.6 is 23.2 Å². The number of aliphatic carboxylic acids is 1. The highest BCUT2D eigenvalue weighted by Crippen LogP contribution is 2.44. The van der Waals surface area contributed by atoms with Gasteiger partial charge in [-0.15, -0.1) is 0 Å². The lowest BCUT2D eigenvalue weighted by Crippen LogP contribution is -2.58. The van der Waals surface area contributed by atoms with E-state index in [0.717, 1.165) is 0 Å². The van der Waals surface area contributed by atoms with Crippen molar-refractivity contribution in [1.82, 2.24) is 9.21 Å². The van der Waals surface area contributed by atoms with Crippen molar-refractivity contribution in [3.63, 3.8) is 0 Å². The molecule has 0 bridgehead atoms. The smallest absolute Gasteiger partial charge is 0.306 e. The Morgan fingerprint density at radius 3 is 2.37 bits per heavy atom. The Balaban J connectivity index is 1.79. The molecule has 0 radical (unpaired) electrons. The van der Waals surface area contributed by atoms with Crippen LogP contribution in [0, 0.1) is 5.82 Å². The van der Waals surface area contributed by atoms with E-state index < -0.39 is 65.7 Å². The largest absolute Gasteiger partial charge is 0.481 e. The summed E-state index contributed by atoms with van der Waals surface area (Å²) in [4.78, 5) is 27.5. The first-order valence-corrected chi connectivity index (χ1v) is 15.6. The molecule has 2 N–H and O–H groups in total. The van der Waals surface area contributed by atoms with Gasteiger partial charge in [0, 0.05) is 28.7 Å². The van der Waals surface area contributed by atoms with E-state index in [2.05, 4.69) is 0 Å². The van der Waals surface area contributed by atoms with E-state index in [4.69, 9.17) is 27.9 Å². The molecule has 0 aliphatic carbocycles. The standard InChI is InChI=1S/C31H33Cl2FN2O6S/c1-3-25(18-35(43(40)41)19(2)15-21-7-4-5-10-26(21)34)36-29(20-11-13-23(32)14-12-20)30(22-8-6-9-24(33)16-22)42-27(31(36)39)17-28(37)38/h4-14,16,19,25,27,29-30H,3,15,17-18H2,1-2H3,(H,37,38)(H,40,41)/t19?,25-,27+,29+,30+/m0/s1. The number of carbonyl (C=O) groups is 2. The maximum Gasteiger partial charge on any atom is 0.306 e. The number of benzene rings is 3. The number of nitrogens with zero attached hydrogens (tertiary/aromatic N) is 2. The minimum absolute atomic E-state index is 0.0485. The van der Waals surface area contributed by atoms with Crippen molar-refractivity contribution < 1.29 is 32.6 Å². The third-order valence-corrected chi connectivity index (χ3v) is 8.99. The van der Waals surface area contributed by atoms with Crippen LogP contribution in [0.5, 0.6) is 0 Å². The number of carbonyl (C=O) groups excluding carboxylic acids is 1. The van der Waals surface area contributed by atoms with E-state index in [-0.39, 0.29) is 13.0 Å². The summed E-state index contributed by atoms with van der Waals surface area (Å²) in [6.45, 7) is 3.51. The second kappa shape index (κ2) is 14.7. The van der Waals surface area contributed by atoms with Crippen LogP contribution in [-0.2, 0) is 32.0 Å². The lowest BCUT2D eigenvalue weighted by Gasteiger charge is -2.48. The molecular formula is C31H33Cl2FN2O6S. The molecule has 1 amide bonds. The fourth-order valence-corrected chi connectivity index (χ4v) is 6.51. The number of hydrogen-bond acceptors (Lipinski definition) is 4. The van der Waals surface area contributed by atoms with Crippen LogP contribution in [-0.4, -0.2) is 59.7 Å². The van der Waals surface area contributed by atoms with Crippen LogP contribution in [0.3, 0.4) is 0 Å². The molecule has 43 heavy (non-hydrogen) atoms. The van der Waals surface area contributed by atoms with Crippen molar-refractivity contribution in [2.45, 2.75) is 63.4 Å². The van der Waals surface area contributed by atoms with Gasteiger partial charge in [-0.3, -0.25) is 14.1 Å². The van der Waals surface area contributed by atoms with Crippen LogP contribution in [0.25, 0.3) is 0 Å². The molecule has 12 heteroatoms. The normalized spacial score (nSPS) is 21.0. The van der Waals surface area contributed by atoms with Gasteiger partial charge in [-0.2, -0.15) is 4.31 Å². The molecule has 1 aliphatic rings. The van der Waals surface area contributed by atoms with Gasteiger partial charge < -0.3 is 14.7 Å². The maximum atomic E-state index is 14.4. The first-order chi connectivity index (χ1) is 20.5. The minimum Gasteiger partial charge on any atom is -0.481 e. The maximum absolute atomic E-state index is 14.4. The van der Waals surface area contributed by atoms with Crippen LogP contribution < -0.4 is 0 Å². The van der Waals surface area contributed by atoms with Crippen molar-refractivity contribution in [1.29, 1.82) is 0 Å². The third kappa shape index (κ3) is 8.00. The zero-order valence-corrected chi connectivity index (χ0v) is 25.9. The quantitative estimate of drug-likeness (QED) is 0.218. The Kier molecular flexibility index (Phi) is 11.3. The van der Waals surface area contributed by atoms with Crippen molar-refractivity contribution in [2.24, 2.45) is 0 Å². The third-order valence-electron chi connectivity index (χ3n) is 7.60. The Hall–Kier alpha value is -2.86. The van der Waals surface area contributed by atoms with Gasteiger partial charge in [0.1, 0.15) is 18.0 Å².